The van der Waals surface area contributed by atoms with Gasteiger partial charge in [0.2, 0.25) is 0 Å². The van der Waals surface area contributed by atoms with Crippen molar-refractivity contribution in [2.75, 3.05) is 0 Å². The SMILES string of the molecule is [2H][C@@]1(O)CC[C@]2(C)[C@H]3CC[C@@]4(C)[C@@H](CC[C@]4([2H])C(C)=O)[C@@H]3CC[C@@]2([2H])C1. The maximum absolute atomic E-state index is 12.3. The predicted octanol–water partition coefficient (Wildman–Crippen LogP) is 4.60. The van der Waals surface area contributed by atoms with Crippen molar-refractivity contribution in [3.8, 4) is 0 Å². The van der Waals surface area contributed by atoms with Crippen LogP contribution in [0.25, 0.3) is 0 Å². The highest BCUT2D eigenvalue weighted by atomic mass is 16.3. The fourth-order valence-electron chi connectivity index (χ4n) is 7.15. The van der Waals surface area contributed by atoms with Gasteiger partial charge in [-0.25, -0.2) is 0 Å². The number of carbonyl (C=O) groups excluding carboxylic acids is 1. The molecule has 0 aliphatic heterocycles. The standard InChI is InChI=1S/C21H34O2/c1-13(22)17-6-7-18-16-5-4-14-12-15(23)8-10-20(14,2)19(16)9-11-21(17,18)3/h14-19,23H,4-12H2,1-3H3/t14-,15+,16-,17+,18-,19-,20-,21+/m0/s1/i14D,15D,17D. The molecule has 0 amide bonds. The van der Waals surface area contributed by atoms with E-state index in [-0.39, 0.29) is 23.0 Å². The van der Waals surface area contributed by atoms with E-state index in [0.717, 1.165) is 38.5 Å². The molecule has 0 spiro atoms. The van der Waals surface area contributed by atoms with Crippen molar-refractivity contribution in [2.45, 2.75) is 84.6 Å². The number of Topliss-reactive ketones (excluding diaryl/α,β-unsaturated/α-hetero) is 1. The van der Waals surface area contributed by atoms with Gasteiger partial charge in [-0.2, -0.15) is 0 Å². The van der Waals surface area contributed by atoms with Gasteiger partial charge < -0.3 is 5.11 Å². The number of hydrogen-bond donors (Lipinski definition) is 1. The minimum Gasteiger partial charge on any atom is -0.393 e. The summed E-state index contributed by atoms with van der Waals surface area (Å²) in [6.45, 7) is 6.02. The molecule has 4 saturated carbocycles. The zero-order valence-corrected chi connectivity index (χ0v) is 15.0. The van der Waals surface area contributed by atoms with Gasteiger partial charge in [-0.1, -0.05) is 13.8 Å². The van der Waals surface area contributed by atoms with Gasteiger partial charge in [0.1, 0.15) is 5.78 Å². The molecule has 4 aliphatic rings. The van der Waals surface area contributed by atoms with Crippen LogP contribution >= 0.6 is 0 Å². The van der Waals surface area contributed by atoms with Crippen LogP contribution in [-0.4, -0.2) is 17.0 Å². The molecular weight excluding hydrogens is 284 g/mol. The third-order valence-electron chi connectivity index (χ3n) is 8.40. The Morgan fingerprint density at radius 2 is 1.70 bits per heavy atom. The topological polar surface area (TPSA) is 37.3 Å². The fraction of sp³-hybridized carbons (Fsp3) is 0.952. The summed E-state index contributed by atoms with van der Waals surface area (Å²) in [5, 5.41) is 10.3. The highest BCUT2D eigenvalue weighted by Gasteiger charge is 2.60. The van der Waals surface area contributed by atoms with Crippen LogP contribution < -0.4 is 0 Å². The second kappa shape index (κ2) is 5.31. The zero-order chi connectivity index (χ0) is 19.2. The van der Waals surface area contributed by atoms with E-state index in [1.807, 2.05) is 0 Å². The lowest BCUT2D eigenvalue weighted by molar-refractivity contribution is -0.138. The summed E-state index contributed by atoms with van der Waals surface area (Å²) in [7, 11) is 0. The van der Waals surface area contributed by atoms with Crippen LogP contribution in [0.4, 0.5) is 0 Å². The molecule has 4 fully saturated rings. The molecule has 0 aromatic heterocycles. The van der Waals surface area contributed by atoms with E-state index in [2.05, 4.69) is 13.8 Å². The Morgan fingerprint density at radius 1 is 1.00 bits per heavy atom. The summed E-state index contributed by atoms with van der Waals surface area (Å²) >= 11 is 0. The van der Waals surface area contributed by atoms with Crippen molar-refractivity contribution < 1.29 is 14.0 Å². The van der Waals surface area contributed by atoms with E-state index in [0.29, 0.717) is 30.6 Å². The number of hydrogen-bond acceptors (Lipinski definition) is 2. The van der Waals surface area contributed by atoms with E-state index in [1.165, 1.54) is 0 Å². The van der Waals surface area contributed by atoms with Crippen molar-refractivity contribution in [1.82, 2.24) is 0 Å². The number of aliphatic hydroxyl groups is 1. The normalized spacial score (nSPS) is 67.1. The summed E-state index contributed by atoms with van der Waals surface area (Å²) < 4.78 is 26.2. The van der Waals surface area contributed by atoms with E-state index in [4.69, 9.17) is 4.11 Å². The Labute approximate surface area is 145 Å². The summed E-state index contributed by atoms with van der Waals surface area (Å²) in [4.78, 5) is 12.3. The Balaban J connectivity index is 1.68. The maximum Gasteiger partial charge on any atom is 0.133 e. The largest absolute Gasteiger partial charge is 0.393 e. The van der Waals surface area contributed by atoms with Crippen molar-refractivity contribution in [3.05, 3.63) is 0 Å². The van der Waals surface area contributed by atoms with Crippen LogP contribution in [0.1, 0.15) is 82.7 Å². The molecule has 1 N–H and O–H groups in total. The van der Waals surface area contributed by atoms with Gasteiger partial charge in [-0.15, -0.1) is 0 Å². The molecule has 0 saturated heterocycles. The summed E-state index contributed by atoms with van der Waals surface area (Å²) in [5.74, 6) is -0.311. The van der Waals surface area contributed by atoms with E-state index >= 15 is 0 Å². The third kappa shape index (κ3) is 2.19. The Kier molecular flexibility index (Phi) is 2.98. The van der Waals surface area contributed by atoms with Gasteiger partial charge in [0.05, 0.1) is 7.45 Å². The summed E-state index contributed by atoms with van der Waals surface area (Å²) in [5.41, 5.74) is -0.392. The van der Waals surface area contributed by atoms with Crippen molar-refractivity contribution in [1.29, 1.82) is 0 Å². The molecule has 2 heteroatoms. The second-order valence-electron chi connectivity index (χ2n) is 9.21. The molecule has 0 bridgehead atoms. The summed E-state index contributed by atoms with van der Waals surface area (Å²) in [6.07, 6.45) is 5.25. The van der Waals surface area contributed by atoms with E-state index < -0.39 is 17.9 Å². The average Bonchev–Trinajstić information content (AvgIpc) is 2.81. The van der Waals surface area contributed by atoms with Gasteiger partial charge in [0, 0.05) is 8.64 Å². The molecule has 4 aliphatic carbocycles. The van der Waals surface area contributed by atoms with Crippen LogP contribution in [-0.2, 0) is 4.79 Å². The molecule has 4 rings (SSSR count). The molecular formula is C21H34O2. The van der Waals surface area contributed by atoms with Crippen LogP contribution in [0.2, 0.25) is 0 Å². The molecule has 23 heavy (non-hydrogen) atoms. The van der Waals surface area contributed by atoms with Gasteiger partial charge in [-0.05, 0) is 99.2 Å². The minimum absolute atomic E-state index is 0.0229. The first kappa shape index (κ1) is 12.9. The van der Waals surface area contributed by atoms with Crippen LogP contribution in [0, 0.1) is 40.4 Å². The number of carbonyl (C=O) groups is 1. The van der Waals surface area contributed by atoms with Crippen LogP contribution in [0.15, 0.2) is 0 Å². The van der Waals surface area contributed by atoms with Gasteiger partial charge in [0.15, 0.2) is 0 Å². The average molecular weight is 322 g/mol. The molecule has 8 atom stereocenters. The Hall–Kier alpha value is -0.370. The third-order valence-corrected chi connectivity index (χ3v) is 8.40. The monoisotopic (exact) mass is 321 g/mol. The number of fused-ring (bicyclic) bond motifs is 5. The molecule has 130 valence electrons. The highest BCUT2D eigenvalue weighted by Crippen LogP contribution is 2.67. The Bertz CT molecular complexity index is 637. The molecule has 0 heterocycles. The Morgan fingerprint density at radius 3 is 2.43 bits per heavy atom. The van der Waals surface area contributed by atoms with Crippen molar-refractivity contribution >= 4 is 5.78 Å². The molecule has 0 radical (unpaired) electrons. The first-order valence-corrected chi connectivity index (χ1v) is 9.62. The van der Waals surface area contributed by atoms with Gasteiger partial charge >= 0.3 is 0 Å². The van der Waals surface area contributed by atoms with Crippen molar-refractivity contribution in [3.63, 3.8) is 0 Å². The van der Waals surface area contributed by atoms with Gasteiger partial charge in [0.25, 0.3) is 0 Å². The molecule has 0 aromatic rings. The van der Waals surface area contributed by atoms with Crippen LogP contribution in [0.5, 0.6) is 0 Å². The molecule has 0 unspecified atom stereocenters. The quantitative estimate of drug-likeness (QED) is 0.766. The first-order chi connectivity index (χ1) is 11.9. The van der Waals surface area contributed by atoms with Crippen molar-refractivity contribution in [2.24, 2.45) is 40.4 Å². The summed E-state index contributed by atoms with van der Waals surface area (Å²) in [6, 6.07) is 0. The first-order valence-electron chi connectivity index (χ1n) is 11.1. The maximum atomic E-state index is 12.3. The smallest absolute Gasteiger partial charge is 0.133 e. The minimum atomic E-state index is -1.45. The second-order valence-corrected chi connectivity index (χ2v) is 9.21. The van der Waals surface area contributed by atoms with Crippen LogP contribution in [0.3, 0.4) is 0 Å². The molecule has 2 nitrogen and oxygen atoms in total. The highest BCUT2D eigenvalue weighted by molar-refractivity contribution is 5.79. The number of ketones is 1. The zero-order valence-electron chi connectivity index (χ0n) is 18.0. The molecule has 0 aromatic carbocycles. The van der Waals surface area contributed by atoms with E-state index in [9.17, 15) is 9.90 Å². The lowest BCUT2D eigenvalue weighted by Crippen LogP contribution is -2.54. The lowest BCUT2D eigenvalue weighted by atomic mass is 9.44. The fourth-order valence-corrected chi connectivity index (χ4v) is 7.15. The van der Waals surface area contributed by atoms with E-state index in [1.54, 1.807) is 6.92 Å². The lowest BCUT2D eigenvalue weighted by Gasteiger charge is -2.60. The number of rotatable bonds is 1. The predicted molar refractivity (Wildman–Crippen MR) is 91.9 cm³/mol. The van der Waals surface area contributed by atoms with Gasteiger partial charge in [-0.3, -0.25) is 4.79 Å².